The van der Waals surface area contributed by atoms with Crippen molar-refractivity contribution in [1.82, 2.24) is 0 Å². The molecule has 0 unspecified atom stereocenters. The zero-order valence-electron chi connectivity index (χ0n) is 18.6. The van der Waals surface area contributed by atoms with E-state index in [-0.39, 0.29) is 34.3 Å². The fourth-order valence-corrected chi connectivity index (χ4v) is 5.22. The smallest absolute Gasteiger partial charge is 0.195 e. The first kappa shape index (κ1) is 20.2. The Hall–Kier alpha value is -4.44. The molecule has 162 valence electrons. The van der Waals surface area contributed by atoms with E-state index in [0.717, 1.165) is 0 Å². The molecule has 0 fully saturated rings. The van der Waals surface area contributed by atoms with Crippen molar-refractivity contribution in [3.05, 3.63) is 128 Å². The summed E-state index contributed by atoms with van der Waals surface area (Å²) in [7, 11) is 0. The number of rotatable bonds is 1. The zero-order valence-corrected chi connectivity index (χ0v) is 18.6. The lowest BCUT2D eigenvalue weighted by atomic mass is 9.75. The number of carbonyl (C=O) groups excluding carboxylic acids is 4. The van der Waals surface area contributed by atoms with E-state index >= 15 is 0 Å². The van der Waals surface area contributed by atoms with Gasteiger partial charge in [0.05, 0.1) is 0 Å². The summed E-state index contributed by atoms with van der Waals surface area (Å²) >= 11 is 0. The molecule has 0 aliphatic heterocycles. The second-order valence-corrected chi connectivity index (χ2v) is 8.77. The first-order valence-electron chi connectivity index (χ1n) is 11.0. The third kappa shape index (κ3) is 2.54. The van der Waals surface area contributed by atoms with Gasteiger partial charge in [0, 0.05) is 44.5 Å². The molecule has 0 amide bonds. The molecule has 0 saturated heterocycles. The Morgan fingerprint density at radius 2 is 0.647 bits per heavy atom. The van der Waals surface area contributed by atoms with Crippen LogP contribution in [0.1, 0.15) is 74.8 Å². The summed E-state index contributed by atoms with van der Waals surface area (Å²) in [6, 6.07) is 20.7. The molecule has 0 bridgehead atoms. The first-order chi connectivity index (χ1) is 16.4. The highest BCUT2D eigenvalue weighted by molar-refractivity contribution is 6.33. The quantitative estimate of drug-likeness (QED) is 0.336. The highest BCUT2D eigenvalue weighted by Gasteiger charge is 2.37. The van der Waals surface area contributed by atoms with E-state index in [2.05, 4.69) is 0 Å². The van der Waals surface area contributed by atoms with Crippen LogP contribution < -0.4 is 0 Å². The maximum Gasteiger partial charge on any atom is 0.195 e. The van der Waals surface area contributed by atoms with Gasteiger partial charge < -0.3 is 0 Å². The predicted octanol–water partition coefficient (Wildman–Crippen LogP) is 5.52. The average molecular weight is 442 g/mol. The second-order valence-electron chi connectivity index (χ2n) is 8.77. The van der Waals surface area contributed by atoms with Crippen molar-refractivity contribution in [1.29, 1.82) is 0 Å². The standard InChI is InChI=1S/C30H18O4/c1-15-11-13-17(25-23(15)27(31)19-7-3-5-9-21(19)29(25)33)18-14-12-16(2)24-26(18)30(34)22-10-6-4-8-20(22)28(24)32/h3-14H,1-2H3. The van der Waals surface area contributed by atoms with E-state index < -0.39 is 0 Å². The van der Waals surface area contributed by atoms with E-state index in [4.69, 9.17) is 0 Å². The van der Waals surface area contributed by atoms with Crippen molar-refractivity contribution in [2.75, 3.05) is 0 Å². The minimum Gasteiger partial charge on any atom is -0.289 e. The van der Waals surface area contributed by atoms with Crippen LogP contribution in [0.2, 0.25) is 0 Å². The average Bonchev–Trinajstić information content (AvgIpc) is 2.86. The third-order valence-electron chi connectivity index (χ3n) is 6.86. The van der Waals surface area contributed by atoms with Crippen molar-refractivity contribution < 1.29 is 19.2 Å². The minimum atomic E-state index is -0.256. The lowest BCUT2D eigenvalue weighted by molar-refractivity contribution is 0.0977. The van der Waals surface area contributed by atoms with Crippen LogP contribution in [0.4, 0.5) is 0 Å². The van der Waals surface area contributed by atoms with Gasteiger partial charge in [0.15, 0.2) is 23.1 Å². The van der Waals surface area contributed by atoms with Crippen molar-refractivity contribution in [3.63, 3.8) is 0 Å². The summed E-state index contributed by atoms with van der Waals surface area (Å²) in [5.41, 5.74) is 5.11. The van der Waals surface area contributed by atoms with E-state index in [1.165, 1.54) is 0 Å². The van der Waals surface area contributed by atoms with Gasteiger partial charge in [0.25, 0.3) is 0 Å². The predicted molar refractivity (Wildman–Crippen MR) is 128 cm³/mol. The maximum atomic E-state index is 13.7. The van der Waals surface area contributed by atoms with E-state index in [9.17, 15) is 19.2 Å². The Morgan fingerprint density at radius 1 is 0.353 bits per heavy atom. The summed E-state index contributed by atoms with van der Waals surface area (Å²) in [6.45, 7) is 3.61. The van der Waals surface area contributed by atoms with Gasteiger partial charge in [-0.1, -0.05) is 72.8 Å². The molecule has 0 heterocycles. The lowest BCUT2D eigenvalue weighted by Gasteiger charge is -2.25. The van der Waals surface area contributed by atoms with Crippen LogP contribution in [-0.4, -0.2) is 23.1 Å². The number of hydrogen-bond acceptors (Lipinski definition) is 4. The van der Waals surface area contributed by atoms with Crippen molar-refractivity contribution in [3.8, 4) is 11.1 Å². The van der Waals surface area contributed by atoms with Gasteiger partial charge >= 0.3 is 0 Å². The van der Waals surface area contributed by atoms with Crippen LogP contribution in [0.25, 0.3) is 11.1 Å². The number of aryl methyl sites for hydroxylation is 2. The largest absolute Gasteiger partial charge is 0.289 e. The fourth-order valence-electron chi connectivity index (χ4n) is 5.22. The van der Waals surface area contributed by atoms with Gasteiger partial charge in [-0.05, 0) is 36.1 Å². The number of carbonyl (C=O) groups is 4. The Morgan fingerprint density at radius 3 is 0.971 bits per heavy atom. The molecule has 4 heteroatoms. The molecule has 2 aliphatic rings. The Bertz CT molecular complexity index is 1520. The number of benzene rings is 4. The topological polar surface area (TPSA) is 68.3 Å². The molecule has 6 rings (SSSR count). The monoisotopic (exact) mass is 442 g/mol. The zero-order chi connectivity index (χ0) is 23.7. The van der Waals surface area contributed by atoms with Gasteiger partial charge in [-0.25, -0.2) is 0 Å². The van der Waals surface area contributed by atoms with Crippen molar-refractivity contribution in [2.45, 2.75) is 13.8 Å². The molecule has 0 N–H and O–H groups in total. The molecule has 0 spiro atoms. The summed E-state index contributed by atoms with van der Waals surface area (Å²) in [5, 5.41) is 0. The number of ketones is 4. The molecule has 4 nitrogen and oxygen atoms in total. The molecular weight excluding hydrogens is 424 g/mol. The summed E-state index contributed by atoms with van der Waals surface area (Å²) in [6.07, 6.45) is 0. The Balaban J connectivity index is 1.68. The SMILES string of the molecule is Cc1ccc(-c2ccc(C)c3c2C(=O)c2ccccc2C3=O)c2c1C(=O)c1ccccc1C2=O. The Labute approximate surface area is 195 Å². The molecule has 0 saturated carbocycles. The van der Waals surface area contributed by atoms with Gasteiger partial charge in [-0.3, -0.25) is 19.2 Å². The van der Waals surface area contributed by atoms with Gasteiger partial charge in [0.1, 0.15) is 0 Å². The molecule has 4 aromatic rings. The van der Waals surface area contributed by atoms with Crippen LogP contribution in [0.5, 0.6) is 0 Å². The normalized spacial score (nSPS) is 13.8. The van der Waals surface area contributed by atoms with E-state index in [1.54, 1.807) is 86.6 Å². The molecule has 34 heavy (non-hydrogen) atoms. The van der Waals surface area contributed by atoms with E-state index in [0.29, 0.717) is 55.6 Å². The highest BCUT2D eigenvalue weighted by Crippen LogP contribution is 2.41. The summed E-state index contributed by atoms with van der Waals surface area (Å²) < 4.78 is 0. The minimum absolute atomic E-state index is 0.210. The van der Waals surface area contributed by atoms with Gasteiger partial charge in [0.2, 0.25) is 0 Å². The summed E-state index contributed by atoms with van der Waals surface area (Å²) in [5.74, 6) is -0.932. The van der Waals surface area contributed by atoms with Crippen LogP contribution in [0.15, 0.2) is 72.8 Å². The number of fused-ring (bicyclic) bond motifs is 4. The van der Waals surface area contributed by atoms with E-state index in [1.807, 2.05) is 0 Å². The third-order valence-corrected chi connectivity index (χ3v) is 6.86. The van der Waals surface area contributed by atoms with Gasteiger partial charge in [-0.2, -0.15) is 0 Å². The van der Waals surface area contributed by atoms with Crippen LogP contribution in [0.3, 0.4) is 0 Å². The molecular formula is C30H18O4. The number of hydrogen-bond donors (Lipinski definition) is 0. The van der Waals surface area contributed by atoms with Gasteiger partial charge in [-0.15, -0.1) is 0 Å². The first-order valence-corrected chi connectivity index (χ1v) is 11.0. The van der Waals surface area contributed by atoms with Crippen molar-refractivity contribution >= 4 is 23.1 Å². The molecule has 2 aliphatic carbocycles. The molecule has 0 aromatic heterocycles. The van der Waals surface area contributed by atoms with Crippen molar-refractivity contribution in [2.24, 2.45) is 0 Å². The molecule has 4 aromatic carbocycles. The molecule has 0 radical (unpaired) electrons. The second kappa shape index (κ2) is 7.03. The Kier molecular flexibility index (Phi) is 4.17. The van der Waals surface area contributed by atoms with Crippen LogP contribution >= 0.6 is 0 Å². The highest BCUT2D eigenvalue weighted by atomic mass is 16.1. The lowest BCUT2D eigenvalue weighted by Crippen LogP contribution is -2.25. The fraction of sp³-hybridized carbons (Fsp3) is 0.0667. The molecule has 0 atom stereocenters. The van der Waals surface area contributed by atoms with Crippen LogP contribution in [0, 0.1) is 13.8 Å². The maximum absolute atomic E-state index is 13.7. The summed E-state index contributed by atoms with van der Waals surface area (Å²) in [4.78, 5) is 54.2. The van der Waals surface area contributed by atoms with Crippen LogP contribution in [-0.2, 0) is 0 Å².